The zero-order valence-corrected chi connectivity index (χ0v) is 16.0. The van der Waals surface area contributed by atoms with Crippen molar-refractivity contribution in [1.29, 1.82) is 0 Å². The molecule has 0 heterocycles. The van der Waals surface area contributed by atoms with E-state index in [9.17, 15) is 3.83 Å². The van der Waals surface area contributed by atoms with Crippen LogP contribution in [-0.2, 0) is 3.83 Å². The number of rotatable bonds is 8. The van der Waals surface area contributed by atoms with Gasteiger partial charge in [0.2, 0.25) is 0 Å². The van der Waals surface area contributed by atoms with Crippen LogP contribution < -0.4 is 9.65 Å². The Balaban J connectivity index is 2.49. The second kappa shape index (κ2) is 8.71. The molecule has 112 valence electrons. The van der Waals surface area contributed by atoms with Crippen molar-refractivity contribution in [2.24, 2.45) is 0 Å². The number of allylic oxidation sites excluding steroid dienone is 1. The number of benzene rings is 1. The Morgan fingerprint density at radius 1 is 1.05 bits per heavy atom. The summed E-state index contributed by atoms with van der Waals surface area (Å²) in [6.07, 6.45) is 8.26. The first-order valence-corrected chi connectivity index (χ1v) is 13.7. The molecule has 1 unspecified atom stereocenters. The summed E-state index contributed by atoms with van der Waals surface area (Å²) in [7, 11) is -1.24. The molecule has 0 N–H and O–H groups in total. The van der Waals surface area contributed by atoms with Gasteiger partial charge in [0.25, 0.3) is 0 Å². The van der Waals surface area contributed by atoms with Gasteiger partial charge < -0.3 is 0 Å². The molecule has 0 bridgehead atoms. The van der Waals surface area contributed by atoms with Gasteiger partial charge in [0.05, 0.1) is 0 Å². The Kier molecular flexibility index (Phi) is 7.64. The normalized spacial score (nSPS) is 13.8. The third-order valence-corrected chi connectivity index (χ3v) is 7.93. The molecule has 1 aromatic carbocycles. The van der Waals surface area contributed by atoms with E-state index >= 15 is 0 Å². The van der Waals surface area contributed by atoms with Gasteiger partial charge in [0, 0.05) is 0 Å². The molecule has 0 radical (unpaired) electrons. The molecule has 0 aliphatic heterocycles. The second-order valence-corrected chi connectivity index (χ2v) is 14.2. The first-order valence-electron chi connectivity index (χ1n) is 7.63. The van der Waals surface area contributed by atoms with E-state index in [-0.39, 0.29) is 0 Å². The average molecular weight is 355 g/mol. The van der Waals surface area contributed by atoms with Gasteiger partial charge in [-0.15, -0.1) is 0 Å². The molecule has 0 aliphatic carbocycles. The number of hydrogen-bond acceptors (Lipinski definition) is 1. The number of hydrogen-bond donors (Lipinski definition) is 0. The SMILES string of the molecule is CCCCCC/C=C/[Se](=O)c1ccc([Si](C)(C)C)cc1. The summed E-state index contributed by atoms with van der Waals surface area (Å²) in [4.78, 5) is 1.94. The molecule has 0 aliphatic rings. The van der Waals surface area contributed by atoms with Crippen molar-refractivity contribution < 1.29 is 3.83 Å². The minimum atomic E-state index is -1.97. The van der Waals surface area contributed by atoms with E-state index in [0.29, 0.717) is 0 Å². The van der Waals surface area contributed by atoms with Crippen LogP contribution in [0.5, 0.6) is 0 Å². The topological polar surface area (TPSA) is 17.1 Å². The Bertz CT molecular complexity index is 443. The molecule has 0 aromatic heterocycles. The fourth-order valence-corrected chi connectivity index (χ4v) is 5.01. The summed E-state index contributed by atoms with van der Waals surface area (Å²) in [6.45, 7) is 9.23. The molecule has 0 amide bonds. The van der Waals surface area contributed by atoms with Crippen LogP contribution in [0.1, 0.15) is 39.0 Å². The molecule has 1 rings (SSSR count). The average Bonchev–Trinajstić information content (AvgIpc) is 2.41. The van der Waals surface area contributed by atoms with E-state index in [4.69, 9.17) is 0 Å². The molecule has 3 heteroatoms. The van der Waals surface area contributed by atoms with Crippen molar-refractivity contribution in [3.8, 4) is 0 Å². The van der Waals surface area contributed by atoms with Crippen LogP contribution in [0.4, 0.5) is 0 Å². The fraction of sp³-hybridized carbons (Fsp3) is 0.529. The van der Waals surface area contributed by atoms with Crippen molar-refractivity contribution in [3.05, 3.63) is 35.3 Å². The van der Waals surface area contributed by atoms with Gasteiger partial charge >= 0.3 is 129 Å². The van der Waals surface area contributed by atoms with Gasteiger partial charge in [0.15, 0.2) is 0 Å². The van der Waals surface area contributed by atoms with Crippen LogP contribution in [0.25, 0.3) is 0 Å². The van der Waals surface area contributed by atoms with E-state index in [0.717, 1.165) is 10.9 Å². The number of unbranched alkanes of at least 4 members (excludes halogenated alkanes) is 4. The summed E-state index contributed by atoms with van der Waals surface area (Å²) >= 11 is -1.97. The van der Waals surface area contributed by atoms with Crippen molar-refractivity contribution in [1.82, 2.24) is 0 Å². The quantitative estimate of drug-likeness (QED) is 0.510. The zero-order chi connectivity index (χ0) is 15.0. The predicted molar refractivity (Wildman–Crippen MR) is 93.4 cm³/mol. The minimum absolute atomic E-state index is 1.01. The monoisotopic (exact) mass is 356 g/mol. The summed E-state index contributed by atoms with van der Waals surface area (Å²) in [5.41, 5.74) is 0. The van der Waals surface area contributed by atoms with Gasteiger partial charge in [-0.25, -0.2) is 0 Å². The van der Waals surface area contributed by atoms with Crippen LogP contribution in [0, 0.1) is 0 Å². The molecule has 0 fully saturated rings. The van der Waals surface area contributed by atoms with Gasteiger partial charge in [-0.1, -0.05) is 0 Å². The van der Waals surface area contributed by atoms with Gasteiger partial charge in [-0.2, -0.15) is 0 Å². The van der Waals surface area contributed by atoms with E-state index in [1.54, 1.807) is 0 Å². The molecule has 1 nitrogen and oxygen atoms in total. The molecule has 20 heavy (non-hydrogen) atoms. The van der Waals surface area contributed by atoms with E-state index in [1.165, 1.54) is 30.9 Å². The maximum atomic E-state index is 12.2. The van der Waals surface area contributed by atoms with Crippen LogP contribution in [0.15, 0.2) is 35.3 Å². The zero-order valence-electron chi connectivity index (χ0n) is 13.3. The Morgan fingerprint density at radius 3 is 2.25 bits per heavy atom. The Hall–Kier alpha value is -0.504. The van der Waals surface area contributed by atoms with Crippen molar-refractivity contribution in [3.63, 3.8) is 0 Å². The van der Waals surface area contributed by atoms with Crippen LogP contribution in [0.2, 0.25) is 19.6 Å². The van der Waals surface area contributed by atoms with Gasteiger partial charge in [-0.05, 0) is 0 Å². The summed E-state index contributed by atoms with van der Waals surface area (Å²) < 4.78 is 13.2. The molecule has 1 atom stereocenters. The van der Waals surface area contributed by atoms with Crippen LogP contribution >= 0.6 is 0 Å². The summed E-state index contributed by atoms with van der Waals surface area (Å²) in [6, 6.07) is 8.47. The first kappa shape index (κ1) is 17.5. The van der Waals surface area contributed by atoms with Gasteiger partial charge in [0.1, 0.15) is 0 Å². The molecule has 0 saturated carbocycles. The third kappa shape index (κ3) is 6.30. The maximum absolute atomic E-state index is 12.2. The van der Waals surface area contributed by atoms with E-state index < -0.39 is 21.9 Å². The second-order valence-electron chi connectivity index (χ2n) is 6.29. The van der Waals surface area contributed by atoms with Crippen molar-refractivity contribution >= 4 is 31.6 Å². The molecular formula is C17H28OSeSi. The summed E-state index contributed by atoms with van der Waals surface area (Å²) in [5, 5.41) is 1.43. The van der Waals surface area contributed by atoms with Gasteiger partial charge in [-0.3, -0.25) is 0 Å². The molecular weight excluding hydrogens is 327 g/mol. The molecule has 1 aromatic rings. The van der Waals surface area contributed by atoms with Crippen molar-refractivity contribution in [2.45, 2.75) is 58.7 Å². The van der Waals surface area contributed by atoms with Crippen molar-refractivity contribution in [2.75, 3.05) is 0 Å². The Labute approximate surface area is 129 Å². The fourth-order valence-electron chi connectivity index (χ4n) is 2.01. The standard InChI is InChI=1S/C17H28OSeSi/c1-5-6-7-8-9-10-15-19(18)16-11-13-17(14-12-16)20(2,3)4/h10-15H,5-9H2,1-4H3/b15-10+. The summed E-state index contributed by atoms with van der Waals surface area (Å²) in [5.74, 6) is 0. The van der Waals surface area contributed by atoms with E-state index in [1.807, 2.05) is 4.97 Å². The Morgan fingerprint density at radius 2 is 1.70 bits per heavy atom. The van der Waals surface area contributed by atoms with E-state index in [2.05, 4.69) is 56.9 Å². The third-order valence-electron chi connectivity index (χ3n) is 3.40. The predicted octanol–water partition coefficient (Wildman–Crippen LogP) is 3.93. The van der Waals surface area contributed by atoms with Crippen LogP contribution in [0.3, 0.4) is 0 Å². The molecule has 0 spiro atoms. The molecule has 0 saturated heterocycles. The van der Waals surface area contributed by atoms with Crippen LogP contribution in [-0.4, -0.2) is 21.9 Å². The first-order chi connectivity index (χ1) is 9.45.